The zero-order valence-electron chi connectivity index (χ0n) is 15.0. The maximum absolute atomic E-state index is 13.5. The number of fused-ring (bicyclic) bond motifs is 1. The molecule has 1 aliphatic heterocycles. The van der Waals surface area contributed by atoms with Gasteiger partial charge in [-0.15, -0.1) is 0 Å². The van der Waals surface area contributed by atoms with Gasteiger partial charge in [0.25, 0.3) is 0 Å². The molecule has 0 aliphatic carbocycles. The van der Waals surface area contributed by atoms with Gasteiger partial charge in [0.15, 0.2) is 5.65 Å². The number of aromatic nitrogens is 3. The average Bonchev–Trinajstić information content (AvgIpc) is 3.08. The molecule has 0 radical (unpaired) electrons. The van der Waals surface area contributed by atoms with E-state index in [2.05, 4.69) is 9.97 Å². The highest BCUT2D eigenvalue weighted by Crippen LogP contribution is 2.36. The van der Waals surface area contributed by atoms with Crippen LogP contribution in [0.4, 0.5) is 13.2 Å². The van der Waals surface area contributed by atoms with Gasteiger partial charge in [-0.1, -0.05) is 11.6 Å². The third-order valence-corrected chi connectivity index (χ3v) is 7.11. The molecule has 154 valence electrons. The zero-order valence-corrected chi connectivity index (χ0v) is 16.5. The summed E-state index contributed by atoms with van der Waals surface area (Å²) in [4.78, 5) is 7.89. The number of benzene rings is 1. The van der Waals surface area contributed by atoms with E-state index < -0.39 is 28.1 Å². The van der Waals surface area contributed by atoms with Crippen LogP contribution in [-0.2, 0) is 16.2 Å². The molecule has 0 saturated carbocycles. The normalized spacial score (nSPS) is 17.1. The molecule has 6 nitrogen and oxygen atoms in total. The van der Waals surface area contributed by atoms with Crippen LogP contribution >= 0.6 is 11.6 Å². The summed E-state index contributed by atoms with van der Waals surface area (Å²) in [5.41, 5.74) is 0.315. The average molecular weight is 445 g/mol. The van der Waals surface area contributed by atoms with Gasteiger partial charge in [0.2, 0.25) is 15.8 Å². The van der Waals surface area contributed by atoms with Gasteiger partial charge >= 0.3 is 6.18 Å². The minimum absolute atomic E-state index is 0.0967. The molecule has 11 heteroatoms. The first-order valence-corrected chi connectivity index (χ1v) is 10.7. The van der Waals surface area contributed by atoms with Crippen molar-refractivity contribution in [2.45, 2.75) is 30.0 Å². The van der Waals surface area contributed by atoms with E-state index in [0.717, 1.165) is 4.57 Å². The van der Waals surface area contributed by atoms with Crippen molar-refractivity contribution < 1.29 is 21.6 Å². The number of piperidine rings is 1. The number of pyridine rings is 1. The lowest BCUT2D eigenvalue weighted by Gasteiger charge is -2.32. The molecular formula is C18H16ClF3N4O2S. The Kier molecular flexibility index (Phi) is 5.04. The molecule has 3 heterocycles. The van der Waals surface area contributed by atoms with E-state index >= 15 is 0 Å². The van der Waals surface area contributed by atoms with Crippen LogP contribution in [0.25, 0.3) is 11.2 Å². The quantitative estimate of drug-likeness (QED) is 0.609. The molecule has 0 bridgehead atoms. The van der Waals surface area contributed by atoms with Crippen molar-refractivity contribution in [1.82, 2.24) is 18.8 Å². The summed E-state index contributed by atoms with van der Waals surface area (Å²) in [6.45, 7) is 0.193. The zero-order chi connectivity index (χ0) is 20.8. The Balaban J connectivity index is 1.61. The van der Waals surface area contributed by atoms with Crippen LogP contribution in [0.15, 0.2) is 47.5 Å². The largest absolute Gasteiger partial charge is 0.449 e. The Morgan fingerprint density at radius 2 is 1.72 bits per heavy atom. The Hall–Kier alpha value is -2.17. The molecule has 1 fully saturated rings. The van der Waals surface area contributed by atoms with Gasteiger partial charge in [0.1, 0.15) is 5.52 Å². The van der Waals surface area contributed by atoms with Crippen molar-refractivity contribution in [2.75, 3.05) is 13.1 Å². The monoisotopic (exact) mass is 444 g/mol. The van der Waals surface area contributed by atoms with Crippen LogP contribution in [0, 0.1) is 0 Å². The van der Waals surface area contributed by atoms with Gasteiger partial charge in [-0.25, -0.2) is 18.4 Å². The van der Waals surface area contributed by atoms with Crippen molar-refractivity contribution in [3.8, 4) is 0 Å². The number of sulfonamides is 1. The Labute approximate surface area is 170 Å². The van der Waals surface area contributed by atoms with Crippen LogP contribution < -0.4 is 0 Å². The highest BCUT2D eigenvalue weighted by molar-refractivity contribution is 7.89. The summed E-state index contributed by atoms with van der Waals surface area (Å²) in [6, 6.07) is 8.26. The summed E-state index contributed by atoms with van der Waals surface area (Å²) >= 11 is 5.81. The molecule has 0 N–H and O–H groups in total. The highest BCUT2D eigenvalue weighted by Gasteiger charge is 2.41. The van der Waals surface area contributed by atoms with Crippen LogP contribution in [0.1, 0.15) is 24.7 Å². The third kappa shape index (κ3) is 3.72. The van der Waals surface area contributed by atoms with Gasteiger partial charge in [-0.05, 0) is 49.2 Å². The molecular weight excluding hydrogens is 429 g/mol. The third-order valence-electron chi connectivity index (χ3n) is 4.94. The van der Waals surface area contributed by atoms with E-state index in [1.165, 1.54) is 46.9 Å². The second-order valence-electron chi connectivity index (χ2n) is 6.74. The van der Waals surface area contributed by atoms with E-state index in [9.17, 15) is 21.6 Å². The fourth-order valence-electron chi connectivity index (χ4n) is 3.57. The molecule has 0 amide bonds. The smallest absolute Gasteiger partial charge is 0.302 e. The molecule has 0 atom stereocenters. The Bertz CT molecular complexity index is 1140. The summed E-state index contributed by atoms with van der Waals surface area (Å²) < 4.78 is 68.6. The topological polar surface area (TPSA) is 68.1 Å². The second kappa shape index (κ2) is 7.26. The molecule has 4 rings (SSSR count). The molecule has 1 aliphatic rings. The van der Waals surface area contributed by atoms with E-state index in [1.807, 2.05) is 0 Å². The van der Waals surface area contributed by atoms with Gasteiger partial charge in [-0.2, -0.15) is 17.5 Å². The number of hydrogen-bond acceptors (Lipinski definition) is 4. The number of hydrogen-bond donors (Lipinski definition) is 0. The lowest BCUT2D eigenvalue weighted by Crippen LogP contribution is -2.39. The summed E-state index contributed by atoms with van der Waals surface area (Å²) in [5, 5.41) is 0.418. The minimum atomic E-state index is -4.63. The van der Waals surface area contributed by atoms with Crippen molar-refractivity contribution in [1.29, 1.82) is 0 Å². The first-order valence-electron chi connectivity index (χ1n) is 8.84. The van der Waals surface area contributed by atoms with E-state index in [4.69, 9.17) is 11.6 Å². The van der Waals surface area contributed by atoms with Gasteiger partial charge in [0.05, 0.1) is 4.90 Å². The fraction of sp³-hybridized carbons (Fsp3) is 0.333. The molecule has 2 aromatic heterocycles. The lowest BCUT2D eigenvalue weighted by molar-refractivity contribution is -0.147. The van der Waals surface area contributed by atoms with E-state index in [-0.39, 0.29) is 42.0 Å². The predicted molar refractivity (Wildman–Crippen MR) is 101 cm³/mol. The maximum Gasteiger partial charge on any atom is 0.449 e. The summed E-state index contributed by atoms with van der Waals surface area (Å²) in [5.74, 6) is -1.01. The highest BCUT2D eigenvalue weighted by atomic mass is 35.5. The Morgan fingerprint density at radius 1 is 1.07 bits per heavy atom. The molecule has 3 aromatic rings. The van der Waals surface area contributed by atoms with Gasteiger partial charge in [-0.3, -0.25) is 0 Å². The predicted octanol–water partition coefficient (Wildman–Crippen LogP) is 4.13. The van der Waals surface area contributed by atoms with Crippen LogP contribution in [0.2, 0.25) is 5.02 Å². The molecule has 1 saturated heterocycles. The summed E-state index contributed by atoms with van der Waals surface area (Å²) in [6.07, 6.45) is -2.77. The SMILES string of the molecule is O=S(=O)(c1ccc(Cl)cc1)N1CCC(n2c(C(F)(F)F)nc3cccnc32)CC1. The maximum atomic E-state index is 13.5. The number of rotatable bonds is 3. The molecule has 0 spiro atoms. The number of halogens is 4. The van der Waals surface area contributed by atoms with E-state index in [0.29, 0.717) is 5.02 Å². The molecule has 29 heavy (non-hydrogen) atoms. The first kappa shape index (κ1) is 20.1. The molecule has 1 aromatic carbocycles. The fourth-order valence-corrected chi connectivity index (χ4v) is 5.17. The van der Waals surface area contributed by atoms with Crippen molar-refractivity contribution in [3.05, 3.63) is 53.4 Å². The second-order valence-corrected chi connectivity index (χ2v) is 9.11. The van der Waals surface area contributed by atoms with Crippen LogP contribution in [0.3, 0.4) is 0 Å². The van der Waals surface area contributed by atoms with Crippen LogP contribution in [0.5, 0.6) is 0 Å². The summed E-state index contributed by atoms with van der Waals surface area (Å²) in [7, 11) is -3.74. The minimum Gasteiger partial charge on any atom is -0.302 e. The van der Waals surface area contributed by atoms with E-state index in [1.54, 1.807) is 0 Å². The van der Waals surface area contributed by atoms with Crippen LogP contribution in [-0.4, -0.2) is 40.3 Å². The number of nitrogens with zero attached hydrogens (tertiary/aromatic N) is 4. The van der Waals surface area contributed by atoms with Crippen molar-refractivity contribution in [3.63, 3.8) is 0 Å². The number of alkyl halides is 3. The Morgan fingerprint density at radius 3 is 2.34 bits per heavy atom. The van der Waals surface area contributed by atoms with Gasteiger partial charge in [0, 0.05) is 30.4 Å². The van der Waals surface area contributed by atoms with Crippen molar-refractivity contribution >= 4 is 32.8 Å². The lowest BCUT2D eigenvalue weighted by atomic mass is 10.1. The number of imidazole rings is 1. The molecule has 0 unspecified atom stereocenters. The first-order chi connectivity index (χ1) is 13.7. The van der Waals surface area contributed by atoms with Gasteiger partial charge < -0.3 is 4.57 Å². The van der Waals surface area contributed by atoms with Crippen molar-refractivity contribution in [2.24, 2.45) is 0 Å². The standard InChI is InChI=1S/C18H16ClF3N4O2S/c19-12-3-5-14(6-4-12)29(27,28)25-10-7-13(8-11-25)26-16-15(2-1-9-23-16)24-17(26)18(20,21)22/h1-6,9,13H,7-8,10-11H2.